The van der Waals surface area contributed by atoms with Crippen molar-refractivity contribution in [3.8, 4) is 0 Å². The second kappa shape index (κ2) is 4.81. The van der Waals surface area contributed by atoms with Crippen LogP contribution in [0.3, 0.4) is 0 Å². The molecule has 0 aliphatic carbocycles. The predicted molar refractivity (Wildman–Crippen MR) is 80.4 cm³/mol. The van der Waals surface area contributed by atoms with E-state index >= 15 is 0 Å². The molecule has 0 saturated carbocycles. The third-order valence-corrected chi connectivity index (χ3v) is 5.44. The van der Waals surface area contributed by atoms with Crippen molar-refractivity contribution >= 4 is 34.5 Å². The van der Waals surface area contributed by atoms with Gasteiger partial charge in [0.2, 0.25) is 0 Å². The van der Waals surface area contributed by atoms with Gasteiger partial charge in [0.25, 0.3) is 0 Å². The highest BCUT2D eigenvalue weighted by Crippen LogP contribution is 2.42. The van der Waals surface area contributed by atoms with Crippen molar-refractivity contribution in [1.82, 2.24) is 19.5 Å². The number of imidazole rings is 1. The monoisotopic (exact) mass is 326 g/mol. The summed E-state index contributed by atoms with van der Waals surface area (Å²) in [6.07, 6.45) is 3.51. The topological polar surface area (TPSA) is 62.1 Å². The maximum Gasteiger partial charge on any atom is 0.164 e. The number of rotatable bonds is 2. The number of ether oxygens (including phenoxy) is 2. The minimum absolute atomic E-state index is 0.111. The summed E-state index contributed by atoms with van der Waals surface area (Å²) in [5.74, 6) is 0.470. The molecule has 4 rings (SSSR count). The Morgan fingerprint density at radius 2 is 2.24 bits per heavy atom. The van der Waals surface area contributed by atoms with Crippen molar-refractivity contribution in [2.24, 2.45) is 0 Å². The third-order valence-electron chi connectivity index (χ3n) is 3.80. The molecule has 2 saturated heterocycles. The molecule has 6 nitrogen and oxygen atoms in total. The van der Waals surface area contributed by atoms with Crippen LogP contribution in [0.15, 0.2) is 12.7 Å². The number of aromatic nitrogens is 4. The fourth-order valence-electron chi connectivity index (χ4n) is 2.96. The number of thioether (sulfide) groups is 1. The van der Waals surface area contributed by atoms with Gasteiger partial charge in [0.05, 0.1) is 17.7 Å². The Labute approximate surface area is 131 Å². The molecule has 21 heavy (non-hydrogen) atoms. The Morgan fingerprint density at radius 3 is 3.10 bits per heavy atom. The van der Waals surface area contributed by atoms with Crippen molar-refractivity contribution in [3.63, 3.8) is 0 Å². The molecule has 112 valence electrons. The van der Waals surface area contributed by atoms with Crippen LogP contribution in [0.1, 0.15) is 13.8 Å². The third kappa shape index (κ3) is 2.32. The molecule has 0 aromatic carbocycles. The van der Waals surface area contributed by atoms with Crippen LogP contribution in [0.2, 0.25) is 5.15 Å². The number of fused-ring (bicyclic) bond motifs is 2. The first-order valence-corrected chi connectivity index (χ1v) is 8.25. The smallest absolute Gasteiger partial charge is 0.164 e. The van der Waals surface area contributed by atoms with Gasteiger partial charge in [0.15, 0.2) is 16.6 Å². The molecule has 0 unspecified atom stereocenters. The molecular weight excluding hydrogens is 312 g/mol. The molecule has 0 radical (unpaired) electrons. The predicted octanol–water partition coefficient (Wildman–Crippen LogP) is 2.12. The van der Waals surface area contributed by atoms with Gasteiger partial charge < -0.3 is 14.0 Å². The zero-order valence-corrected chi connectivity index (χ0v) is 13.3. The molecule has 0 N–H and O–H groups in total. The van der Waals surface area contributed by atoms with Crippen molar-refractivity contribution in [2.75, 3.05) is 5.75 Å². The molecule has 2 aliphatic heterocycles. The summed E-state index contributed by atoms with van der Waals surface area (Å²) in [7, 11) is 0. The minimum Gasteiger partial charge on any atom is -0.344 e. The molecule has 0 amide bonds. The van der Waals surface area contributed by atoms with E-state index in [1.54, 1.807) is 6.33 Å². The highest BCUT2D eigenvalue weighted by molar-refractivity contribution is 8.00. The minimum atomic E-state index is -0.489. The van der Waals surface area contributed by atoms with E-state index in [-0.39, 0.29) is 12.2 Å². The molecule has 2 aromatic rings. The Kier molecular flexibility index (Phi) is 3.15. The fraction of sp³-hybridized carbons (Fsp3) is 0.615. The summed E-state index contributed by atoms with van der Waals surface area (Å²) in [5, 5.41) is 0.709. The Morgan fingerprint density at radius 1 is 1.38 bits per heavy atom. The molecule has 2 fully saturated rings. The van der Waals surface area contributed by atoms with Gasteiger partial charge in [-0.05, 0) is 13.8 Å². The van der Waals surface area contributed by atoms with E-state index in [2.05, 4.69) is 15.0 Å². The van der Waals surface area contributed by atoms with Gasteiger partial charge in [-0.1, -0.05) is 11.6 Å². The normalized spacial score (nSPS) is 30.9. The van der Waals surface area contributed by atoms with E-state index < -0.39 is 5.79 Å². The van der Waals surface area contributed by atoms with Gasteiger partial charge in [-0.25, -0.2) is 15.0 Å². The van der Waals surface area contributed by atoms with Crippen LogP contribution in [-0.2, 0) is 16.0 Å². The second-order valence-electron chi connectivity index (χ2n) is 5.74. The van der Waals surface area contributed by atoms with Crippen LogP contribution < -0.4 is 0 Å². The zero-order chi connectivity index (χ0) is 14.6. The quantitative estimate of drug-likeness (QED) is 0.788. The van der Waals surface area contributed by atoms with Crippen LogP contribution in [-0.4, -0.2) is 48.5 Å². The van der Waals surface area contributed by atoms with Gasteiger partial charge in [-0.15, -0.1) is 0 Å². The number of hydrogen-bond acceptors (Lipinski definition) is 6. The van der Waals surface area contributed by atoms with Crippen LogP contribution >= 0.6 is 23.4 Å². The first-order chi connectivity index (χ1) is 10.0. The average Bonchev–Trinajstić information content (AvgIpc) is 3.05. The molecule has 4 heterocycles. The standard InChI is InChI=1S/C13H15ClN4O2S/c1-13(2)19-7-4-21-8(10(7)20-13)3-18-6-17-9-11(14)15-5-16-12(9)18/h5-8,10H,3-4H2,1-2H3/t7-,8+,10-/m1/s1. The van der Waals surface area contributed by atoms with Crippen molar-refractivity contribution in [3.05, 3.63) is 17.8 Å². The summed E-state index contributed by atoms with van der Waals surface area (Å²) < 4.78 is 14.0. The lowest BCUT2D eigenvalue weighted by Gasteiger charge is -2.21. The lowest BCUT2D eigenvalue weighted by Crippen LogP contribution is -2.30. The first-order valence-electron chi connectivity index (χ1n) is 6.82. The summed E-state index contributed by atoms with van der Waals surface area (Å²) >= 11 is 7.91. The first kappa shape index (κ1) is 13.8. The second-order valence-corrected chi connectivity index (χ2v) is 7.37. The largest absolute Gasteiger partial charge is 0.344 e. The van der Waals surface area contributed by atoms with E-state index in [9.17, 15) is 0 Å². The van der Waals surface area contributed by atoms with Crippen LogP contribution in [0.4, 0.5) is 0 Å². The van der Waals surface area contributed by atoms with E-state index in [1.165, 1.54) is 6.33 Å². The van der Waals surface area contributed by atoms with E-state index in [0.717, 1.165) is 17.9 Å². The maximum absolute atomic E-state index is 6.04. The lowest BCUT2D eigenvalue weighted by molar-refractivity contribution is -0.145. The highest BCUT2D eigenvalue weighted by atomic mass is 35.5. The molecule has 0 bridgehead atoms. The van der Waals surface area contributed by atoms with Gasteiger partial charge in [-0.3, -0.25) is 0 Å². The van der Waals surface area contributed by atoms with Crippen molar-refractivity contribution in [1.29, 1.82) is 0 Å². The van der Waals surface area contributed by atoms with E-state index in [4.69, 9.17) is 21.1 Å². The fourth-order valence-corrected chi connectivity index (χ4v) is 4.51. The highest BCUT2D eigenvalue weighted by Gasteiger charge is 2.49. The summed E-state index contributed by atoms with van der Waals surface area (Å²) in [4.78, 5) is 12.5. The Bertz CT molecular complexity index is 692. The number of hydrogen-bond donors (Lipinski definition) is 0. The molecule has 0 spiro atoms. The summed E-state index contributed by atoms with van der Waals surface area (Å²) in [5.41, 5.74) is 1.40. The van der Waals surface area contributed by atoms with Gasteiger partial charge in [0, 0.05) is 12.3 Å². The van der Waals surface area contributed by atoms with E-state index in [0.29, 0.717) is 15.9 Å². The molecule has 8 heteroatoms. The van der Waals surface area contributed by atoms with Crippen LogP contribution in [0, 0.1) is 0 Å². The van der Waals surface area contributed by atoms with Crippen molar-refractivity contribution in [2.45, 2.75) is 43.6 Å². The molecule has 2 aromatic heterocycles. The van der Waals surface area contributed by atoms with Crippen LogP contribution in [0.25, 0.3) is 11.2 Å². The Balaban J connectivity index is 1.60. The molecule has 3 atom stereocenters. The summed E-state index contributed by atoms with van der Waals surface area (Å²) in [6, 6.07) is 0. The maximum atomic E-state index is 6.04. The lowest BCUT2D eigenvalue weighted by atomic mass is 10.1. The average molecular weight is 327 g/mol. The number of nitrogens with zero attached hydrogens (tertiary/aromatic N) is 4. The molecular formula is C13H15ClN4O2S. The molecule has 2 aliphatic rings. The van der Waals surface area contributed by atoms with Gasteiger partial charge >= 0.3 is 0 Å². The summed E-state index contributed by atoms with van der Waals surface area (Å²) in [6.45, 7) is 4.70. The van der Waals surface area contributed by atoms with Gasteiger partial charge in [0.1, 0.15) is 17.9 Å². The van der Waals surface area contributed by atoms with Gasteiger partial charge in [-0.2, -0.15) is 11.8 Å². The zero-order valence-electron chi connectivity index (χ0n) is 11.7. The Hall–Kier alpha value is -0.890. The van der Waals surface area contributed by atoms with Crippen LogP contribution in [0.5, 0.6) is 0 Å². The number of halogens is 1. The van der Waals surface area contributed by atoms with E-state index in [1.807, 2.05) is 30.2 Å². The van der Waals surface area contributed by atoms with Crippen molar-refractivity contribution < 1.29 is 9.47 Å². The SMILES string of the molecule is CC1(C)O[C@H]2[C@H](Cn3cnc4c(Cl)ncnc43)SC[C@H]2O1.